The summed E-state index contributed by atoms with van der Waals surface area (Å²) < 4.78 is 5.05. The SMILES string of the molecule is COc1cc(O)cc(C(=O)CC[NH2+]Cc2ccc(Cl)cc2)c1.[Cl-]. The Hall–Kier alpha value is -1.75. The third-order valence-electron chi connectivity index (χ3n) is 3.32. The molecular weight excluding hydrogens is 337 g/mol. The summed E-state index contributed by atoms with van der Waals surface area (Å²) in [5.41, 5.74) is 1.63. The predicted molar refractivity (Wildman–Crippen MR) is 85.6 cm³/mol. The number of hydrogen-bond acceptors (Lipinski definition) is 3. The van der Waals surface area contributed by atoms with Gasteiger partial charge in [0.05, 0.1) is 20.1 Å². The molecule has 0 aliphatic rings. The zero-order chi connectivity index (χ0) is 15.9. The molecule has 2 rings (SSSR count). The molecule has 2 aromatic rings. The van der Waals surface area contributed by atoms with Crippen molar-refractivity contribution in [1.82, 2.24) is 0 Å². The maximum atomic E-state index is 12.1. The van der Waals surface area contributed by atoms with Gasteiger partial charge in [-0.25, -0.2) is 0 Å². The Morgan fingerprint density at radius 1 is 1.22 bits per heavy atom. The third kappa shape index (κ3) is 6.10. The van der Waals surface area contributed by atoms with Crippen molar-refractivity contribution in [3.05, 3.63) is 58.6 Å². The number of Topliss-reactive ketones (excluding diaryl/α,β-unsaturated/α-hetero) is 1. The number of phenolic OH excluding ortho intramolecular Hbond substituents is 1. The number of benzene rings is 2. The molecule has 0 saturated carbocycles. The van der Waals surface area contributed by atoms with Gasteiger partial charge < -0.3 is 27.6 Å². The Bertz CT molecular complexity index is 645. The van der Waals surface area contributed by atoms with Crippen LogP contribution in [-0.4, -0.2) is 24.5 Å². The van der Waals surface area contributed by atoms with E-state index >= 15 is 0 Å². The van der Waals surface area contributed by atoms with Crippen LogP contribution < -0.4 is 22.5 Å². The highest BCUT2D eigenvalue weighted by Gasteiger charge is 2.10. The van der Waals surface area contributed by atoms with Gasteiger partial charge in [-0.2, -0.15) is 0 Å². The van der Waals surface area contributed by atoms with Crippen LogP contribution in [-0.2, 0) is 6.54 Å². The molecule has 4 nitrogen and oxygen atoms in total. The van der Waals surface area contributed by atoms with E-state index in [9.17, 15) is 9.90 Å². The number of hydrogen-bond donors (Lipinski definition) is 2. The summed E-state index contributed by atoms with van der Waals surface area (Å²) in [4.78, 5) is 12.1. The van der Waals surface area contributed by atoms with Gasteiger partial charge in [0, 0.05) is 22.2 Å². The van der Waals surface area contributed by atoms with Crippen LogP contribution in [0.15, 0.2) is 42.5 Å². The van der Waals surface area contributed by atoms with Gasteiger partial charge in [-0.15, -0.1) is 0 Å². The lowest BCUT2D eigenvalue weighted by Crippen LogP contribution is -3.00. The number of carbonyl (C=O) groups is 1. The first-order chi connectivity index (χ1) is 10.6. The van der Waals surface area contributed by atoms with Gasteiger partial charge in [0.15, 0.2) is 5.78 Å². The second-order valence-electron chi connectivity index (χ2n) is 5.00. The number of ketones is 1. The summed E-state index contributed by atoms with van der Waals surface area (Å²) in [7, 11) is 1.50. The number of carbonyl (C=O) groups excluding carboxylic acids is 1. The first-order valence-corrected chi connectivity index (χ1v) is 7.43. The summed E-state index contributed by atoms with van der Waals surface area (Å²) in [5, 5.41) is 12.4. The number of phenols is 1. The molecule has 124 valence electrons. The molecule has 0 heterocycles. The molecule has 0 spiro atoms. The highest BCUT2D eigenvalue weighted by atomic mass is 35.5. The smallest absolute Gasteiger partial charge is 0.168 e. The number of quaternary nitrogens is 1. The molecule has 3 N–H and O–H groups in total. The molecule has 0 saturated heterocycles. The molecule has 23 heavy (non-hydrogen) atoms. The normalized spacial score (nSPS) is 10.0. The van der Waals surface area contributed by atoms with Crippen molar-refractivity contribution in [2.24, 2.45) is 0 Å². The molecule has 2 aromatic carbocycles. The lowest BCUT2D eigenvalue weighted by molar-refractivity contribution is -0.669. The highest BCUT2D eigenvalue weighted by molar-refractivity contribution is 6.30. The summed E-state index contributed by atoms with van der Waals surface area (Å²) in [6.07, 6.45) is 0.403. The van der Waals surface area contributed by atoms with Crippen molar-refractivity contribution in [1.29, 1.82) is 0 Å². The minimum absolute atomic E-state index is 0. The molecule has 0 bridgehead atoms. The summed E-state index contributed by atoms with van der Waals surface area (Å²) >= 11 is 5.83. The molecule has 0 fully saturated rings. The van der Waals surface area contributed by atoms with Crippen LogP contribution in [0.1, 0.15) is 22.3 Å². The summed E-state index contributed by atoms with van der Waals surface area (Å²) in [6, 6.07) is 12.2. The molecule has 0 aliphatic heterocycles. The van der Waals surface area contributed by atoms with E-state index < -0.39 is 0 Å². The van der Waals surface area contributed by atoms with Crippen molar-refractivity contribution in [2.75, 3.05) is 13.7 Å². The van der Waals surface area contributed by atoms with Crippen LogP contribution in [0.5, 0.6) is 11.5 Å². The zero-order valence-corrected chi connectivity index (χ0v) is 14.3. The van der Waals surface area contributed by atoms with Gasteiger partial charge in [0.25, 0.3) is 0 Å². The average Bonchev–Trinajstić information content (AvgIpc) is 2.52. The van der Waals surface area contributed by atoms with E-state index in [2.05, 4.69) is 5.32 Å². The van der Waals surface area contributed by atoms with Gasteiger partial charge in [0.2, 0.25) is 0 Å². The number of ether oxygens (including phenoxy) is 1. The van der Waals surface area contributed by atoms with E-state index in [-0.39, 0.29) is 23.9 Å². The van der Waals surface area contributed by atoms with E-state index in [0.717, 1.165) is 17.1 Å². The number of rotatable bonds is 7. The third-order valence-corrected chi connectivity index (χ3v) is 3.57. The number of aromatic hydroxyl groups is 1. The first-order valence-electron chi connectivity index (χ1n) is 7.06. The zero-order valence-electron chi connectivity index (χ0n) is 12.8. The maximum Gasteiger partial charge on any atom is 0.168 e. The van der Waals surface area contributed by atoms with E-state index in [1.165, 1.54) is 19.2 Å². The van der Waals surface area contributed by atoms with Crippen LogP contribution in [0.2, 0.25) is 5.02 Å². The van der Waals surface area contributed by atoms with Crippen molar-refractivity contribution in [3.63, 3.8) is 0 Å². The fraction of sp³-hybridized carbons (Fsp3) is 0.235. The van der Waals surface area contributed by atoms with E-state index in [1.54, 1.807) is 6.07 Å². The van der Waals surface area contributed by atoms with Gasteiger partial charge >= 0.3 is 0 Å². The molecule has 0 radical (unpaired) electrons. The first kappa shape index (κ1) is 19.3. The molecular formula is C17H19Cl2NO3. The van der Waals surface area contributed by atoms with Crippen molar-refractivity contribution < 1.29 is 32.4 Å². The Morgan fingerprint density at radius 3 is 2.57 bits per heavy atom. The van der Waals surface area contributed by atoms with Gasteiger partial charge in [0.1, 0.15) is 18.0 Å². The number of nitrogens with two attached hydrogens (primary N) is 1. The lowest BCUT2D eigenvalue weighted by atomic mass is 10.1. The quantitative estimate of drug-likeness (QED) is 0.514. The van der Waals surface area contributed by atoms with Gasteiger partial charge in [-0.1, -0.05) is 23.7 Å². The van der Waals surface area contributed by atoms with Crippen molar-refractivity contribution in [2.45, 2.75) is 13.0 Å². The van der Waals surface area contributed by atoms with Crippen LogP contribution in [0.3, 0.4) is 0 Å². The van der Waals surface area contributed by atoms with E-state index in [1.807, 2.05) is 24.3 Å². The minimum Gasteiger partial charge on any atom is -1.00 e. The monoisotopic (exact) mass is 355 g/mol. The Balaban J connectivity index is 0.00000264. The van der Waals surface area contributed by atoms with Gasteiger partial charge in [-0.3, -0.25) is 4.79 Å². The summed E-state index contributed by atoms with van der Waals surface area (Å²) in [6.45, 7) is 1.48. The van der Waals surface area contributed by atoms with Crippen LogP contribution in [0.4, 0.5) is 0 Å². The van der Waals surface area contributed by atoms with Crippen molar-refractivity contribution >= 4 is 17.4 Å². The number of methoxy groups -OCH3 is 1. The summed E-state index contributed by atoms with van der Waals surface area (Å²) in [5.74, 6) is 0.503. The fourth-order valence-corrected chi connectivity index (χ4v) is 2.25. The predicted octanol–water partition coefficient (Wildman–Crippen LogP) is -0.605. The standard InChI is InChI=1S/C17H18ClNO3.ClH/c1-22-16-9-13(8-15(20)10-16)17(21)6-7-19-11-12-2-4-14(18)5-3-12;/h2-5,8-10,19-20H,6-7,11H2,1H3;1H. The largest absolute Gasteiger partial charge is 1.00 e. The second-order valence-corrected chi connectivity index (χ2v) is 5.44. The average molecular weight is 356 g/mol. The molecule has 0 aromatic heterocycles. The maximum absolute atomic E-state index is 12.1. The highest BCUT2D eigenvalue weighted by Crippen LogP contribution is 2.22. The second kappa shape index (κ2) is 9.40. The molecule has 0 atom stereocenters. The van der Waals surface area contributed by atoms with Crippen molar-refractivity contribution in [3.8, 4) is 11.5 Å². The molecule has 0 unspecified atom stereocenters. The fourth-order valence-electron chi connectivity index (χ4n) is 2.13. The molecule has 6 heteroatoms. The molecule has 0 aliphatic carbocycles. The minimum atomic E-state index is -0.0124. The Labute approximate surface area is 146 Å². The lowest BCUT2D eigenvalue weighted by Gasteiger charge is -2.06. The Kier molecular flexibility index (Phi) is 7.89. The number of halogens is 2. The Morgan fingerprint density at radius 2 is 1.91 bits per heavy atom. The van der Waals surface area contributed by atoms with Crippen LogP contribution >= 0.6 is 11.6 Å². The van der Waals surface area contributed by atoms with E-state index in [0.29, 0.717) is 24.3 Å². The van der Waals surface area contributed by atoms with E-state index in [4.69, 9.17) is 16.3 Å². The molecule has 0 amide bonds. The topological polar surface area (TPSA) is 63.1 Å². The van der Waals surface area contributed by atoms with Crippen LogP contribution in [0, 0.1) is 0 Å². The van der Waals surface area contributed by atoms with Crippen LogP contribution in [0.25, 0.3) is 0 Å². The van der Waals surface area contributed by atoms with Gasteiger partial charge in [-0.05, 0) is 24.3 Å².